The Balaban J connectivity index is 2.85. The van der Waals surface area contributed by atoms with Crippen molar-refractivity contribution in [3.05, 3.63) is 34.1 Å². The van der Waals surface area contributed by atoms with Gasteiger partial charge in [0.2, 0.25) is 5.82 Å². The van der Waals surface area contributed by atoms with E-state index in [0.717, 1.165) is 25.0 Å². The number of unbranched alkanes of at least 4 members (excludes halogenated alkanes) is 1. The van der Waals surface area contributed by atoms with Crippen molar-refractivity contribution in [3.8, 4) is 5.75 Å². The number of carbonyl (C=O) groups excluding carboxylic acids is 1. The van der Waals surface area contributed by atoms with E-state index in [1.165, 1.54) is 13.2 Å². The van der Waals surface area contributed by atoms with Crippen LogP contribution in [0.4, 0.5) is 10.1 Å². The smallest absolute Gasteiger partial charge is 0.347 e. The number of nitro groups is 1. The lowest BCUT2D eigenvalue weighted by Crippen LogP contribution is -2.28. The fraction of sp³-hybridized carbons (Fsp3) is 0.462. The summed E-state index contributed by atoms with van der Waals surface area (Å²) in [6.45, 7) is 1.96. The summed E-state index contributed by atoms with van der Waals surface area (Å²) in [5.74, 6) is -1.51. The maximum absolute atomic E-state index is 13.4. The number of rotatable bonds is 7. The molecule has 0 aliphatic carbocycles. The van der Waals surface area contributed by atoms with Gasteiger partial charge >= 0.3 is 11.7 Å². The zero-order chi connectivity index (χ0) is 15.1. The van der Waals surface area contributed by atoms with E-state index in [1.54, 1.807) is 0 Å². The normalized spacial score (nSPS) is 11.8. The molecule has 0 N–H and O–H groups in total. The summed E-state index contributed by atoms with van der Waals surface area (Å²) < 4.78 is 23.4. The minimum atomic E-state index is -1.01. The third-order valence-electron chi connectivity index (χ3n) is 2.68. The number of methoxy groups -OCH3 is 1. The summed E-state index contributed by atoms with van der Waals surface area (Å²) >= 11 is 0. The number of hydrogen-bond donors (Lipinski definition) is 0. The number of benzene rings is 1. The van der Waals surface area contributed by atoms with Crippen LogP contribution in [0.5, 0.6) is 5.75 Å². The second kappa shape index (κ2) is 7.42. The van der Waals surface area contributed by atoms with Crippen molar-refractivity contribution in [1.82, 2.24) is 0 Å². The van der Waals surface area contributed by atoms with E-state index in [1.807, 2.05) is 6.92 Å². The zero-order valence-electron chi connectivity index (χ0n) is 11.3. The minimum absolute atomic E-state index is 0.0552. The summed E-state index contributed by atoms with van der Waals surface area (Å²) in [6, 6.07) is 3.14. The topological polar surface area (TPSA) is 78.7 Å². The number of ether oxygens (including phenoxy) is 2. The lowest BCUT2D eigenvalue weighted by Gasteiger charge is -2.16. The summed E-state index contributed by atoms with van der Waals surface area (Å²) in [7, 11) is 1.24. The average Bonchev–Trinajstić information content (AvgIpc) is 2.42. The molecule has 0 bridgehead atoms. The summed E-state index contributed by atoms with van der Waals surface area (Å²) in [5.41, 5.74) is -0.638. The van der Waals surface area contributed by atoms with Crippen LogP contribution in [0.25, 0.3) is 0 Å². The molecular weight excluding hydrogens is 269 g/mol. The number of esters is 1. The highest BCUT2D eigenvalue weighted by Gasteiger charge is 2.22. The number of halogens is 1. The third-order valence-corrected chi connectivity index (χ3v) is 2.68. The van der Waals surface area contributed by atoms with Gasteiger partial charge in [-0.15, -0.1) is 0 Å². The van der Waals surface area contributed by atoms with Crippen LogP contribution >= 0.6 is 0 Å². The molecule has 1 atom stereocenters. The van der Waals surface area contributed by atoms with Crippen LogP contribution in [0.3, 0.4) is 0 Å². The molecule has 0 saturated carbocycles. The Morgan fingerprint density at radius 3 is 2.70 bits per heavy atom. The van der Waals surface area contributed by atoms with E-state index in [2.05, 4.69) is 4.74 Å². The molecule has 0 aromatic heterocycles. The van der Waals surface area contributed by atoms with Crippen LogP contribution < -0.4 is 4.74 Å². The van der Waals surface area contributed by atoms with E-state index < -0.39 is 28.5 Å². The van der Waals surface area contributed by atoms with Gasteiger partial charge in [-0.3, -0.25) is 10.1 Å². The Morgan fingerprint density at radius 1 is 1.50 bits per heavy atom. The van der Waals surface area contributed by atoms with E-state index in [0.29, 0.717) is 6.42 Å². The lowest BCUT2D eigenvalue weighted by atomic mass is 10.1. The highest BCUT2D eigenvalue weighted by atomic mass is 19.1. The van der Waals surface area contributed by atoms with Crippen LogP contribution in [0.1, 0.15) is 26.2 Å². The molecule has 20 heavy (non-hydrogen) atoms. The van der Waals surface area contributed by atoms with Crippen molar-refractivity contribution in [2.75, 3.05) is 7.11 Å². The minimum Gasteiger partial charge on any atom is -0.479 e. The Kier molecular flexibility index (Phi) is 5.89. The maximum Gasteiger partial charge on any atom is 0.347 e. The summed E-state index contributed by atoms with van der Waals surface area (Å²) in [4.78, 5) is 21.2. The molecule has 6 nitrogen and oxygen atoms in total. The first kappa shape index (κ1) is 15.9. The molecule has 7 heteroatoms. The Hall–Kier alpha value is -2.18. The van der Waals surface area contributed by atoms with Gasteiger partial charge in [0.15, 0.2) is 6.10 Å². The molecule has 0 aliphatic rings. The van der Waals surface area contributed by atoms with Gasteiger partial charge in [-0.1, -0.05) is 13.3 Å². The van der Waals surface area contributed by atoms with Gasteiger partial charge in [-0.05, 0) is 18.9 Å². The molecule has 0 saturated heterocycles. The van der Waals surface area contributed by atoms with E-state index in [4.69, 9.17) is 4.74 Å². The van der Waals surface area contributed by atoms with Gasteiger partial charge in [0, 0.05) is 12.1 Å². The first-order valence-corrected chi connectivity index (χ1v) is 6.18. The zero-order valence-corrected chi connectivity index (χ0v) is 11.3. The van der Waals surface area contributed by atoms with Gasteiger partial charge in [-0.25, -0.2) is 4.79 Å². The van der Waals surface area contributed by atoms with Crippen LogP contribution in [-0.4, -0.2) is 24.1 Å². The van der Waals surface area contributed by atoms with Gasteiger partial charge in [-0.2, -0.15) is 4.39 Å². The fourth-order valence-electron chi connectivity index (χ4n) is 1.62. The maximum atomic E-state index is 13.4. The molecule has 1 aromatic carbocycles. The third kappa shape index (κ3) is 4.18. The molecule has 0 fully saturated rings. The first-order chi connectivity index (χ1) is 9.49. The molecule has 110 valence electrons. The lowest BCUT2D eigenvalue weighted by molar-refractivity contribution is -0.387. The van der Waals surface area contributed by atoms with E-state index in [-0.39, 0.29) is 5.75 Å². The van der Waals surface area contributed by atoms with Gasteiger partial charge < -0.3 is 9.47 Å². The van der Waals surface area contributed by atoms with Crippen molar-refractivity contribution in [2.45, 2.75) is 32.3 Å². The monoisotopic (exact) mass is 285 g/mol. The Morgan fingerprint density at radius 2 is 2.20 bits per heavy atom. The highest BCUT2D eigenvalue weighted by molar-refractivity contribution is 5.74. The quantitative estimate of drug-likeness (QED) is 0.437. The number of nitro benzene ring substituents is 1. The highest BCUT2D eigenvalue weighted by Crippen LogP contribution is 2.24. The SMILES string of the molecule is CCCCC(Oc1ccc([N+](=O)[O-])c(F)c1)C(=O)OC. The van der Waals surface area contributed by atoms with E-state index >= 15 is 0 Å². The average molecular weight is 285 g/mol. The standard InChI is InChI=1S/C13H16FNO5/c1-3-4-5-12(13(16)19-2)20-9-6-7-11(15(17)18)10(14)8-9/h6-8,12H,3-5H2,1-2H3. The van der Waals surface area contributed by atoms with Gasteiger partial charge in [0.25, 0.3) is 0 Å². The van der Waals surface area contributed by atoms with Crippen LogP contribution in [-0.2, 0) is 9.53 Å². The molecular formula is C13H16FNO5. The molecule has 1 aromatic rings. The molecule has 0 aliphatic heterocycles. The van der Waals surface area contributed by atoms with Crippen LogP contribution in [0.2, 0.25) is 0 Å². The van der Waals surface area contributed by atoms with Crippen molar-refractivity contribution in [3.63, 3.8) is 0 Å². The fourth-order valence-corrected chi connectivity index (χ4v) is 1.62. The molecule has 0 amide bonds. The van der Waals surface area contributed by atoms with Crippen molar-refractivity contribution >= 4 is 11.7 Å². The van der Waals surface area contributed by atoms with Crippen LogP contribution in [0, 0.1) is 15.9 Å². The molecule has 0 heterocycles. The molecule has 1 rings (SSSR count). The van der Waals surface area contributed by atoms with E-state index in [9.17, 15) is 19.3 Å². The molecule has 0 radical (unpaired) electrons. The second-order valence-corrected chi connectivity index (χ2v) is 4.14. The van der Waals surface area contributed by atoms with Gasteiger partial charge in [0.1, 0.15) is 5.75 Å². The van der Waals surface area contributed by atoms with Crippen LogP contribution in [0.15, 0.2) is 18.2 Å². The van der Waals surface area contributed by atoms with Gasteiger partial charge in [0.05, 0.1) is 12.0 Å². The summed E-state index contributed by atoms with van der Waals surface area (Å²) in [6.07, 6.45) is 1.20. The number of hydrogen-bond acceptors (Lipinski definition) is 5. The summed E-state index contributed by atoms with van der Waals surface area (Å²) in [5, 5.41) is 10.5. The number of carbonyl (C=O) groups is 1. The first-order valence-electron chi connectivity index (χ1n) is 6.18. The van der Waals surface area contributed by atoms with Crippen molar-refractivity contribution < 1.29 is 23.6 Å². The molecule has 0 spiro atoms. The molecule has 1 unspecified atom stereocenters. The largest absolute Gasteiger partial charge is 0.479 e. The Labute approximate surface area is 115 Å². The van der Waals surface area contributed by atoms with Crippen molar-refractivity contribution in [1.29, 1.82) is 0 Å². The predicted octanol–water partition coefficient (Wildman–Crippen LogP) is 2.84. The number of nitrogens with zero attached hydrogens (tertiary/aromatic N) is 1. The Bertz CT molecular complexity index is 492. The predicted molar refractivity (Wildman–Crippen MR) is 69.0 cm³/mol. The second-order valence-electron chi connectivity index (χ2n) is 4.14. The van der Waals surface area contributed by atoms with Crippen molar-refractivity contribution in [2.24, 2.45) is 0 Å².